The Morgan fingerprint density at radius 1 is 1.12 bits per heavy atom. The molecule has 1 saturated heterocycles. The minimum atomic E-state index is -0.348. The maximum atomic E-state index is 14.9. The van der Waals surface area contributed by atoms with Crippen LogP contribution < -0.4 is 21.1 Å². The number of nitrogens with two attached hydrogens (primary N) is 1. The van der Waals surface area contributed by atoms with E-state index in [0.29, 0.717) is 84.9 Å². The summed E-state index contributed by atoms with van der Waals surface area (Å²) in [5, 5.41) is 12.0. The topological polar surface area (TPSA) is 166 Å². The fourth-order valence-electron chi connectivity index (χ4n) is 5.24. The van der Waals surface area contributed by atoms with Crippen LogP contribution in [0.5, 0.6) is 5.75 Å². The number of aromatic nitrogens is 9. The highest BCUT2D eigenvalue weighted by atomic mass is 19.1. The minimum absolute atomic E-state index is 0.118. The molecule has 1 aliphatic heterocycles. The summed E-state index contributed by atoms with van der Waals surface area (Å²) in [6.07, 6.45) is 3.00. The minimum Gasteiger partial charge on any atom is -0.486 e. The molecule has 3 N–H and O–H groups in total. The lowest BCUT2D eigenvalue weighted by Gasteiger charge is -2.36. The molecule has 0 aliphatic carbocycles. The zero-order valence-corrected chi connectivity index (χ0v) is 22.6. The van der Waals surface area contributed by atoms with Gasteiger partial charge >= 0.3 is 5.69 Å². The normalized spacial score (nSPS) is 14.4. The van der Waals surface area contributed by atoms with Gasteiger partial charge in [0.15, 0.2) is 22.9 Å². The van der Waals surface area contributed by atoms with E-state index in [1.807, 2.05) is 4.90 Å². The molecular formula is C26H27FN12O3. The second kappa shape index (κ2) is 10.3. The number of imidazole rings is 1. The average molecular weight is 575 g/mol. The zero-order valence-electron chi connectivity index (χ0n) is 22.6. The molecule has 0 spiro atoms. The van der Waals surface area contributed by atoms with E-state index in [1.54, 1.807) is 35.9 Å². The molecule has 42 heavy (non-hydrogen) atoms. The fraction of sp³-hybridized carbons (Fsp3) is 0.308. The molecule has 7 rings (SSSR count). The number of aromatic amines is 1. The number of hydrogen-bond acceptors (Lipinski definition) is 11. The first-order valence-electron chi connectivity index (χ1n) is 13.4. The van der Waals surface area contributed by atoms with Crippen molar-refractivity contribution in [3.63, 3.8) is 0 Å². The largest absolute Gasteiger partial charge is 0.486 e. The van der Waals surface area contributed by atoms with Crippen molar-refractivity contribution in [3.8, 4) is 17.3 Å². The van der Waals surface area contributed by atoms with Crippen LogP contribution in [0.4, 0.5) is 16.0 Å². The molecule has 0 amide bonds. The zero-order chi connectivity index (χ0) is 28.8. The Hall–Kier alpha value is -5.25. The van der Waals surface area contributed by atoms with Gasteiger partial charge in [-0.15, -0.1) is 15.3 Å². The predicted octanol–water partition coefficient (Wildman–Crippen LogP) is 1.28. The highest BCUT2D eigenvalue weighted by molar-refractivity contribution is 5.88. The SMILES string of the molecule is Cn1c(=O)n(CCN2CCN(c3ccc(OCc4nnc[nH]4)cc3F)CC2)c2nc(N)n3nc(-c4ccco4)nc3c21. The number of furan rings is 1. The number of hydrogen-bond donors (Lipinski definition) is 2. The van der Waals surface area contributed by atoms with Crippen molar-refractivity contribution in [3.05, 3.63) is 65.0 Å². The first-order chi connectivity index (χ1) is 20.5. The fourth-order valence-corrected chi connectivity index (χ4v) is 5.24. The van der Waals surface area contributed by atoms with Gasteiger partial charge in [0.1, 0.15) is 30.0 Å². The molecule has 0 bridgehead atoms. The van der Waals surface area contributed by atoms with E-state index in [-0.39, 0.29) is 24.1 Å². The summed E-state index contributed by atoms with van der Waals surface area (Å²) in [6, 6.07) is 8.36. The van der Waals surface area contributed by atoms with Crippen molar-refractivity contribution in [1.82, 2.24) is 48.8 Å². The number of halogens is 1. The lowest BCUT2D eigenvalue weighted by atomic mass is 10.2. The molecule has 1 aromatic carbocycles. The summed E-state index contributed by atoms with van der Waals surface area (Å²) < 4.78 is 30.5. The molecule has 5 aromatic heterocycles. The first kappa shape index (κ1) is 25.7. The van der Waals surface area contributed by atoms with E-state index in [1.165, 1.54) is 27.7 Å². The lowest BCUT2D eigenvalue weighted by molar-refractivity contribution is 0.247. The molecule has 15 nitrogen and oxygen atoms in total. The van der Waals surface area contributed by atoms with Crippen LogP contribution in [0.1, 0.15) is 5.82 Å². The number of H-pyrrole nitrogens is 1. The summed E-state index contributed by atoms with van der Waals surface area (Å²) in [6.45, 7) is 3.89. The number of nitrogens with one attached hydrogen (secondary N) is 1. The van der Waals surface area contributed by atoms with E-state index in [4.69, 9.17) is 14.9 Å². The molecule has 6 aromatic rings. The Bertz CT molecular complexity index is 1920. The quantitative estimate of drug-likeness (QED) is 0.269. The number of benzene rings is 1. The van der Waals surface area contributed by atoms with Gasteiger partial charge in [0.05, 0.1) is 12.0 Å². The van der Waals surface area contributed by atoms with Gasteiger partial charge < -0.3 is 24.8 Å². The van der Waals surface area contributed by atoms with Crippen molar-refractivity contribution in [2.24, 2.45) is 7.05 Å². The van der Waals surface area contributed by atoms with E-state index < -0.39 is 0 Å². The maximum absolute atomic E-state index is 14.9. The third-order valence-electron chi connectivity index (χ3n) is 7.43. The highest BCUT2D eigenvalue weighted by Gasteiger charge is 2.23. The molecule has 6 heterocycles. The van der Waals surface area contributed by atoms with Crippen molar-refractivity contribution >= 4 is 28.4 Å². The molecule has 216 valence electrons. The van der Waals surface area contributed by atoms with Crippen LogP contribution in [0.3, 0.4) is 0 Å². The maximum Gasteiger partial charge on any atom is 0.330 e. The van der Waals surface area contributed by atoms with E-state index in [2.05, 4.69) is 35.1 Å². The number of aryl methyl sites for hydroxylation is 1. The predicted molar refractivity (Wildman–Crippen MR) is 149 cm³/mol. The van der Waals surface area contributed by atoms with Gasteiger partial charge in [-0.3, -0.25) is 14.0 Å². The molecule has 0 atom stereocenters. The van der Waals surface area contributed by atoms with Crippen molar-refractivity contribution in [2.75, 3.05) is 43.4 Å². The van der Waals surface area contributed by atoms with Crippen molar-refractivity contribution < 1.29 is 13.5 Å². The summed E-state index contributed by atoms with van der Waals surface area (Å²) >= 11 is 0. The number of nitrogen functional groups attached to an aromatic ring is 1. The van der Waals surface area contributed by atoms with Crippen LogP contribution in [0.25, 0.3) is 28.4 Å². The van der Waals surface area contributed by atoms with Crippen LogP contribution in [0, 0.1) is 5.82 Å². The Labute approximate surface area is 237 Å². The van der Waals surface area contributed by atoms with Gasteiger partial charge in [0, 0.05) is 52.4 Å². The number of ether oxygens (including phenoxy) is 1. The van der Waals surface area contributed by atoms with Crippen LogP contribution in [0.2, 0.25) is 0 Å². The molecule has 1 aliphatic rings. The Morgan fingerprint density at radius 3 is 2.71 bits per heavy atom. The number of anilines is 2. The van der Waals surface area contributed by atoms with E-state index >= 15 is 0 Å². The molecule has 0 unspecified atom stereocenters. The summed E-state index contributed by atoms with van der Waals surface area (Å²) in [4.78, 5) is 29.4. The second-order valence-corrected chi connectivity index (χ2v) is 9.95. The monoisotopic (exact) mass is 574 g/mol. The molecule has 0 saturated carbocycles. The Morgan fingerprint density at radius 2 is 1.98 bits per heavy atom. The number of nitrogens with zero attached hydrogens (tertiary/aromatic N) is 10. The first-order valence-corrected chi connectivity index (χ1v) is 13.4. The average Bonchev–Trinajstić information content (AvgIpc) is 3.80. The van der Waals surface area contributed by atoms with Crippen LogP contribution >= 0.6 is 0 Å². The number of rotatable bonds is 8. The molecule has 0 radical (unpaired) electrons. The third-order valence-corrected chi connectivity index (χ3v) is 7.43. The highest BCUT2D eigenvalue weighted by Crippen LogP contribution is 2.26. The van der Waals surface area contributed by atoms with Crippen LogP contribution in [0.15, 0.2) is 52.1 Å². The Balaban J connectivity index is 1.03. The summed E-state index contributed by atoms with van der Waals surface area (Å²) in [5.41, 5.74) is 7.92. The van der Waals surface area contributed by atoms with Crippen molar-refractivity contribution in [2.45, 2.75) is 13.2 Å². The second-order valence-electron chi connectivity index (χ2n) is 9.95. The van der Waals surface area contributed by atoms with Gasteiger partial charge in [-0.05, 0) is 24.3 Å². The third kappa shape index (κ3) is 4.50. The van der Waals surface area contributed by atoms with Crippen LogP contribution in [-0.4, -0.2) is 81.5 Å². The number of piperazine rings is 1. The van der Waals surface area contributed by atoms with Gasteiger partial charge in [0.25, 0.3) is 0 Å². The molecule has 1 fully saturated rings. The van der Waals surface area contributed by atoms with E-state index in [9.17, 15) is 9.18 Å². The Kier molecular flexibility index (Phi) is 6.30. The van der Waals surface area contributed by atoms with Gasteiger partial charge in [-0.2, -0.15) is 9.50 Å². The van der Waals surface area contributed by atoms with Gasteiger partial charge in [-0.1, -0.05) is 0 Å². The van der Waals surface area contributed by atoms with Crippen molar-refractivity contribution in [1.29, 1.82) is 0 Å². The van der Waals surface area contributed by atoms with Gasteiger partial charge in [-0.25, -0.2) is 14.2 Å². The molecular weight excluding hydrogens is 547 g/mol. The lowest BCUT2D eigenvalue weighted by Crippen LogP contribution is -2.47. The van der Waals surface area contributed by atoms with Crippen LogP contribution in [-0.2, 0) is 20.2 Å². The standard InChI is InChI=1S/C26H27FN12O3/c1-35-21-23(32-25(28)39-24(21)31-22(34-39)19-3-2-12-41-19)38(26(35)40)11-8-36-6-9-37(10-7-36)18-5-4-16(13-17(18)27)42-14-20-29-15-30-33-20/h2-5,12-13,15H,6-11,14H2,1H3,(H2,28,32)(H,29,30,33). The summed E-state index contributed by atoms with van der Waals surface area (Å²) in [5.74, 6) is 1.59. The number of fused-ring (bicyclic) bond motifs is 3. The smallest absolute Gasteiger partial charge is 0.330 e. The summed E-state index contributed by atoms with van der Waals surface area (Å²) in [7, 11) is 1.68. The van der Waals surface area contributed by atoms with Gasteiger partial charge in [0.2, 0.25) is 11.8 Å². The van der Waals surface area contributed by atoms with E-state index in [0.717, 1.165) is 0 Å². The molecule has 16 heteroatoms.